The zero-order valence-electron chi connectivity index (χ0n) is 19.1. The van der Waals surface area contributed by atoms with Crippen LogP contribution in [0.2, 0.25) is 10.0 Å². The van der Waals surface area contributed by atoms with Crippen molar-refractivity contribution in [2.75, 3.05) is 5.88 Å². The van der Waals surface area contributed by atoms with Crippen LogP contribution in [-0.4, -0.2) is 50.4 Å². The lowest BCUT2D eigenvalue weighted by Crippen LogP contribution is -2.57. The monoisotopic (exact) mass is 577 g/mol. The largest absolute Gasteiger partial charge is 0.292 e. The third-order valence-electron chi connectivity index (χ3n) is 5.76. The molecule has 0 spiro atoms. The molecule has 0 fully saturated rings. The molecule has 3 aromatic rings. The summed E-state index contributed by atoms with van der Waals surface area (Å²) in [6.07, 6.45) is -0.246. The number of rotatable bonds is 8. The molecule has 0 unspecified atom stereocenters. The molecule has 0 radical (unpaired) electrons. The van der Waals surface area contributed by atoms with Gasteiger partial charge in [0.05, 0.1) is 21.1 Å². The minimum Gasteiger partial charge on any atom is -0.292 e. The van der Waals surface area contributed by atoms with E-state index in [0.29, 0.717) is 10.0 Å². The van der Waals surface area contributed by atoms with Crippen LogP contribution in [0.3, 0.4) is 0 Å². The molecule has 9 nitrogen and oxygen atoms in total. The van der Waals surface area contributed by atoms with E-state index in [0.717, 1.165) is 18.2 Å². The summed E-state index contributed by atoms with van der Waals surface area (Å²) in [5.74, 6) is -4.90. The number of nitro groups is 1. The smallest absolute Gasteiger partial charge is 0.287 e. The molecule has 4 rings (SSSR count). The molecular weight excluding hydrogens is 564 g/mol. The molecule has 3 aromatic carbocycles. The van der Waals surface area contributed by atoms with Gasteiger partial charge in [-0.15, -0.1) is 11.6 Å². The van der Waals surface area contributed by atoms with E-state index in [1.54, 1.807) is 0 Å². The lowest BCUT2D eigenvalue weighted by molar-refractivity contribution is -0.385. The minimum atomic E-state index is -1.56. The Morgan fingerprint density at radius 2 is 1.71 bits per heavy atom. The number of carbonyl (C=O) groups excluding carboxylic acids is 4. The first-order valence-corrected chi connectivity index (χ1v) is 12.2. The van der Waals surface area contributed by atoms with E-state index in [1.807, 2.05) is 0 Å². The fraction of sp³-hybridized carbons (Fsp3) is 0.120. The summed E-state index contributed by atoms with van der Waals surface area (Å²) in [5.41, 5.74) is -1.78. The number of halogens is 4. The van der Waals surface area contributed by atoms with E-state index < -0.39 is 51.5 Å². The first kappa shape index (κ1) is 27.2. The quantitative estimate of drug-likeness (QED) is 0.113. The van der Waals surface area contributed by atoms with E-state index in [1.165, 1.54) is 42.5 Å². The number of carbonyl (C=O) groups is 4. The Morgan fingerprint density at radius 3 is 2.32 bits per heavy atom. The number of ketones is 1. The van der Waals surface area contributed by atoms with Gasteiger partial charge in [0.1, 0.15) is 17.4 Å². The second kappa shape index (κ2) is 10.9. The molecule has 0 N–H and O–H groups in total. The number of fused-ring (bicyclic) bond motifs is 1. The molecule has 0 saturated carbocycles. The molecule has 38 heavy (non-hydrogen) atoms. The van der Waals surface area contributed by atoms with Crippen LogP contribution in [-0.2, 0) is 0 Å². The molecule has 0 saturated heterocycles. The molecule has 1 aliphatic heterocycles. The molecule has 194 valence electrons. The van der Waals surface area contributed by atoms with Crippen molar-refractivity contribution in [3.05, 3.63) is 109 Å². The maximum absolute atomic E-state index is 13.9. The Kier molecular flexibility index (Phi) is 7.77. The summed E-state index contributed by atoms with van der Waals surface area (Å²) in [5, 5.41) is 12.6. The topological polar surface area (TPSA) is 118 Å². The van der Waals surface area contributed by atoms with Crippen LogP contribution in [0, 0.1) is 15.9 Å². The van der Waals surface area contributed by atoms with Crippen molar-refractivity contribution in [3.8, 4) is 0 Å². The van der Waals surface area contributed by atoms with E-state index in [4.69, 9.17) is 34.8 Å². The molecule has 3 amide bonds. The van der Waals surface area contributed by atoms with Crippen LogP contribution in [0.4, 0.5) is 10.1 Å². The molecule has 0 aromatic heterocycles. The van der Waals surface area contributed by atoms with Crippen LogP contribution in [0.5, 0.6) is 0 Å². The molecule has 0 aliphatic carbocycles. The summed E-state index contributed by atoms with van der Waals surface area (Å²) in [6.45, 7) is 0. The Labute approximate surface area is 229 Å². The van der Waals surface area contributed by atoms with Gasteiger partial charge >= 0.3 is 0 Å². The number of imide groups is 1. The van der Waals surface area contributed by atoms with E-state index in [9.17, 15) is 33.7 Å². The second-order valence-corrected chi connectivity index (χ2v) is 9.24. The number of benzene rings is 3. The Bertz CT molecular complexity index is 1500. The molecule has 1 heterocycles. The summed E-state index contributed by atoms with van der Waals surface area (Å²) in [6, 6.07) is 10.1. The van der Waals surface area contributed by atoms with Crippen molar-refractivity contribution in [2.45, 2.75) is 12.5 Å². The predicted octanol–water partition coefficient (Wildman–Crippen LogP) is 5.57. The Morgan fingerprint density at radius 1 is 1.03 bits per heavy atom. The fourth-order valence-corrected chi connectivity index (χ4v) is 4.73. The van der Waals surface area contributed by atoms with Gasteiger partial charge in [0.15, 0.2) is 5.78 Å². The zero-order chi connectivity index (χ0) is 27.7. The zero-order valence-corrected chi connectivity index (χ0v) is 21.3. The van der Waals surface area contributed by atoms with Gasteiger partial charge in [0.2, 0.25) is 0 Å². The molecule has 0 bridgehead atoms. The van der Waals surface area contributed by atoms with Crippen LogP contribution in [0.15, 0.2) is 60.7 Å². The summed E-state index contributed by atoms with van der Waals surface area (Å²) in [4.78, 5) is 65.2. The van der Waals surface area contributed by atoms with E-state index in [2.05, 4.69) is 0 Å². The van der Waals surface area contributed by atoms with Gasteiger partial charge in [0, 0.05) is 22.5 Å². The minimum absolute atomic E-state index is 0.0379. The number of hydrogen-bond acceptors (Lipinski definition) is 6. The molecule has 1 atom stereocenters. The number of alkyl halides is 1. The van der Waals surface area contributed by atoms with Crippen LogP contribution in [0.25, 0.3) is 0 Å². The number of nitrogens with zero attached hydrogens (tertiary/aromatic N) is 3. The average Bonchev–Trinajstić information content (AvgIpc) is 3.13. The van der Waals surface area contributed by atoms with Gasteiger partial charge < -0.3 is 0 Å². The first-order valence-electron chi connectivity index (χ1n) is 10.9. The normalized spacial score (nSPS) is 13.3. The van der Waals surface area contributed by atoms with E-state index in [-0.39, 0.29) is 39.0 Å². The highest BCUT2D eigenvalue weighted by Gasteiger charge is 2.49. The van der Waals surface area contributed by atoms with Gasteiger partial charge in [0.25, 0.3) is 23.4 Å². The molecule has 13 heteroatoms. The number of nitro benzene ring substituents is 1. The van der Waals surface area contributed by atoms with Crippen molar-refractivity contribution in [3.63, 3.8) is 0 Å². The highest BCUT2D eigenvalue weighted by Crippen LogP contribution is 2.34. The van der Waals surface area contributed by atoms with Crippen LogP contribution < -0.4 is 0 Å². The van der Waals surface area contributed by atoms with Gasteiger partial charge in [-0.1, -0.05) is 29.3 Å². The average molecular weight is 579 g/mol. The SMILES string of the molecule is O=C(c1ccc(F)cc1)[C@H](CCCl)N(C(=O)c1ccc(Cl)cc1Cl)N1C(=O)c2cccc([N+](=O)[O-])c2C1=O. The summed E-state index contributed by atoms with van der Waals surface area (Å²) >= 11 is 18.1. The number of Topliss-reactive ketones (excluding diaryl/α,β-unsaturated/α-hetero) is 1. The number of amides is 3. The van der Waals surface area contributed by atoms with Gasteiger partial charge in [-0.25, -0.2) is 9.40 Å². The Hall–Kier alpha value is -3.86. The van der Waals surface area contributed by atoms with Crippen molar-refractivity contribution in [1.29, 1.82) is 0 Å². The summed E-state index contributed by atoms with van der Waals surface area (Å²) < 4.78 is 13.5. The maximum Gasteiger partial charge on any atom is 0.287 e. The maximum atomic E-state index is 13.9. The third-order valence-corrected chi connectivity index (χ3v) is 6.53. The van der Waals surface area contributed by atoms with Gasteiger partial charge in [-0.3, -0.25) is 29.3 Å². The lowest BCUT2D eigenvalue weighted by Gasteiger charge is -2.36. The van der Waals surface area contributed by atoms with Crippen LogP contribution in [0.1, 0.15) is 47.9 Å². The molecule has 1 aliphatic rings. The standard InChI is InChI=1S/C25H15Cl3FN3O6/c26-11-10-20(22(33)13-4-7-15(29)8-5-13)30(23(34)16-9-6-14(27)12-18(16)28)31-24(35)17-2-1-3-19(32(37)38)21(17)25(31)36/h1-9,12,20H,10-11H2/t20-/m0/s1. The van der Waals surface area contributed by atoms with Crippen molar-refractivity contribution in [1.82, 2.24) is 10.0 Å². The van der Waals surface area contributed by atoms with Gasteiger partial charge in [-0.05, 0) is 55.0 Å². The van der Waals surface area contributed by atoms with Crippen molar-refractivity contribution >= 4 is 64.0 Å². The third kappa shape index (κ3) is 4.85. The highest BCUT2D eigenvalue weighted by atomic mass is 35.5. The molecular formula is C25H15Cl3FN3O6. The Balaban J connectivity index is 1.91. The van der Waals surface area contributed by atoms with Crippen molar-refractivity contribution < 1.29 is 28.5 Å². The van der Waals surface area contributed by atoms with Crippen molar-refractivity contribution in [2.24, 2.45) is 0 Å². The first-order chi connectivity index (χ1) is 18.1. The number of hydrogen-bond donors (Lipinski definition) is 0. The number of hydrazine groups is 1. The summed E-state index contributed by atoms with van der Waals surface area (Å²) in [7, 11) is 0. The predicted molar refractivity (Wildman–Crippen MR) is 136 cm³/mol. The van der Waals surface area contributed by atoms with Gasteiger partial charge in [-0.2, -0.15) is 5.01 Å². The van der Waals surface area contributed by atoms with Crippen LogP contribution >= 0.6 is 34.8 Å². The highest BCUT2D eigenvalue weighted by molar-refractivity contribution is 6.37. The second-order valence-electron chi connectivity index (χ2n) is 8.02. The lowest BCUT2D eigenvalue weighted by atomic mass is 10.0. The van der Waals surface area contributed by atoms with E-state index >= 15 is 0 Å². The fourth-order valence-electron chi connectivity index (χ4n) is 4.04.